The molecule has 1 aromatic heterocycles. The molecule has 0 saturated heterocycles. The number of hydrogen-bond donors (Lipinski definition) is 2. The third kappa shape index (κ3) is 6.16. The fraction of sp³-hybridized carbons (Fsp3) is 0.227. The lowest BCUT2D eigenvalue weighted by molar-refractivity contribution is -0.117. The highest BCUT2D eigenvalue weighted by Crippen LogP contribution is 2.20. The van der Waals surface area contributed by atoms with E-state index in [4.69, 9.17) is 11.6 Å². The fourth-order valence-electron chi connectivity index (χ4n) is 3.07. The van der Waals surface area contributed by atoms with Gasteiger partial charge in [0.1, 0.15) is 6.07 Å². The molecule has 0 radical (unpaired) electrons. The normalized spacial score (nSPS) is 10.7. The standard InChI is InChI=1S/C22H22ClN5O2/c23-20-7-6-19(11-24)21(10-20)26-22(30)16-27(8-9-29)13-18-12-25-28(15-18)14-17-4-2-1-3-5-17/h1-7,10,12,15,29H,8-9,13-14,16H2,(H,26,30). The van der Waals surface area contributed by atoms with Crippen LogP contribution in [0.3, 0.4) is 0 Å². The molecule has 0 aliphatic rings. The molecular formula is C22H22ClN5O2. The lowest BCUT2D eigenvalue weighted by Gasteiger charge is -2.20. The number of benzene rings is 2. The molecule has 2 aromatic carbocycles. The third-order valence-electron chi connectivity index (χ3n) is 4.44. The molecule has 0 saturated carbocycles. The van der Waals surface area contributed by atoms with Crippen LogP contribution >= 0.6 is 11.6 Å². The van der Waals surface area contributed by atoms with Crippen molar-refractivity contribution in [2.24, 2.45) is 0 Å². The predicted molar refractivity (Wildman–Crippen MR) is 115 cm³/mol. The van der Waals surface area contributed by atoms with Crippen molar-refractivity contribution < 1.29 is 9.90 Å². The highest BCUT2D eigenvalue weighted by Gasteiger charge is 2.14. The van der Waals surface area contributed by atoms with Crippen LogP contribution in [0.2, 0.25) is 5.02 Å². The number of carbonyl (C=O) groups excluding carboxylic acids is 1. The minimum Gasteiger partial charge on any atom is -0.395 e. The second-order valence-corrected chi connectivity index (χ2v) is 7.25. The van der Waals surface area contributed by atoms with Gasteiger partial charge < -0.3 is 10.4 Å². The zero-order chi connectivity index (χ0) is 21.3. The number of aromatic nitrogens is 2. The number of nitrogens with zero attached hydrogens (tertiary/aromatic N) is 4. The SMILES string of the molecule is N#Cc1ccc(Cl)cc1NC(=O)CN(CCO)Cc1cnn(Cc2ccccc2)c1. The molecule has 154 valence electrons. The average molecular weight is 424 g/mol. The molecule has 0 aliphatic carbocycles. The van der Waals surface area contributed by atoms with Crippen molar-refractivity contribution in [3.05, 3.63) is 82.6 Å². The lowest BCUT2D eigenvalue weighted by atomic mass is 10.2. The molecule has 0 fully saturated rings. The van der Waals surface area contributed by atoms with E-state index in [-0.39, 0.29) is 19.1 Å². The summed E-state index contributed by atoms with van der Waals surface area (Å²) < 4.78 is 1.84. The van der Waals surface area contributed by atoms with Gasteiger partial charge in [0.15, 0.2) is 0 Å². The van der Waals surface area contributed by atoms with Gasteiger partial charge in [0.05, 0.1) is 37.1 Å². The Morgan fingerprint density at radius 3 is 2.77 bits per heavy atom. The largest absolute Gasteiger partial charge is 0.395 e. The van der Waals surface area contributed by atoms with Gasteiger partial charge in [0.25, 0.3) is 0 Å². The molecule has 1 heterocycles. The van der Waals surface area contributed by atoms with Crippen LogP contribution < -0.4 is 5.32 Å². The molecule has 3 aromatic rings. The highest BCUT2D eigenvalue weighted by atomic mass is 35.5. The molecule has 0 spiro atoms. The zero-order valence-corrected chi connectivity index (χ0v) is 17.1. The topological polar surface area (TPSA) is 94.2 Å². The molecule has 0 bridgehead atoms. The smallest absolute Gasteiger partial charge is 0.238 e. The molecule has 7 nitrogen and oxygen atoms in total. The Balaban J connectivity index is 1.62. The number of aliphatic hydroxyl groups is 1. The Kier molecular flexibility index (Phi) is 7.57. The molecule has 0 atom stereocenters. The quantitative estimate of drug-likeness (QED) is 0.552. The van der Waals surface area contributed by atoms with Crippen LogP contribution in [0.15, 0.2) is 60.9 Å². The van der Waals surface area contributed by atoms with Gasteiger partial charge in [-0.1, -0.05) is 41.9 Å². The summed E-state index contributed by atoms with van der Waals surface area (Å²) in [4.78, 5) is 14.3. The van der Waals surface area contributed by atoms with Gasteiger partial charge in [-0.25, -0.2) is 0 Å². The first-order valence-corrected chi connectivity index (χ1v) is 9.83. The summed E-state index contributed by atoms with van der Waals surface area (Å²) in [6, 6.07) is 16.7. The van der Waals surface area contributed by atoms with Gasteiger partial charge in [0, 0.05) is 29.9 Å². The van der Waals surface area contributed by atoms with E-state index in [1.165, 1.54) is 0 Å². The van der Waals surface area contributed by atoms with Crippen molar-refractivity contribution in [2.75, 3.05) is 25.0 Å². The summed E-state index contributed by atoms with van der Waals surface area (Å²) in [7, 11) is 0. The second-order valence-electron chi connectivity index (χ2n) is 6.82. The molecule has 3 rings (SSSR count). The van der Waals surface area contributed by atoms with Crippen LogP contribution in [-0.2, 0) is 17.9 Å². The number of hydrogen-bond acceptors (Lipinski definition) is 5. The number of aliphatic hydroxyl groups excluding tert-OH is 1. The minimum atomic E-state index is -0.293. The van der Waals surface area contributed by atoms with Crippen LogP contribution in [0.5, 0.6) is 0 Å². The maximum atomic E-state index is 12.5. The third-order valence-corrected chi connectivity index (χ3v) is 4.67. The van der Waals surface area contributed by atoms with E-state index < -0.39 is 0 Å². The van der Waals surface area contributed by atoms with Gasteiger partial charge >= 0.3 is 0 Å². The predicted octanol–water partition coefficient (Wildman–Crippen LogP) is 2.89. The first-order chi connectivity index (χ1) is 14.6. The van der Waals surface area contributed by atoms with Crippen LogP contribution in [0.1, 0.15) is 16.7 Å². The number of carbonyl (C=O) groups is 1. The zero-order valence-electron chi connectivity index (χ0n) is 16.3. The second kappa shape index (κ2) is 10.6. The number of nitrogens with one attached hydrogen (secondary N) is 1. The summed E-state index contributed by atoms with van der Waals surface area (Å²) >= 11 is 5.97. The Morgan fingerprint density at radius 2 is 2.03 bits per heavy atom. The summed E-state index contributed by atoms with van der Waals surface area (Å²) in [5.74, 6) is -0.293. The van der Waals surface area contributed by atoms with E-state index in [1.807, 2.05) is 52.2 Å². The van der Waals surface area contributed by atoms with E-state index in [1.54, 1.807) is 24.4 Å². The Labute approximate surface area is 180 Å². The number of nitriles is 1. The number of anilines is 1. The number of halogens is 1. The Morgan fingerprint density at radius 1 is 1.23 bits per heavy atom. The van der Waals surface area contributed by atoms with Gasteiger partial charge in [0.2, 0.25) is 5.91 Å². The molecular weight excluding hydrogens is 402 g/mol. The van der Waals surface area contributed by atoms with Crippen molar-refractivity contribution in [1.29, 1.82) is 5.26 Å². The average Bonchev–Trinajstić information content (AvgIpc) is 3.15. The maximum Gasteiger partial charge on any atom is 0.238 e. The minimum absolute atomic E-state index is 0.0573. The summed E-state index contributed by atoms with van der Waals surface area (Å²) in [5, 5.41) is 26.1. The van der Waals surface area contributed by atoms with Crippen molar-refractivity contribution in [1.82, 2.24) is 14.7 Å². The first-order valence-electron chi connectivity index (χ1n) is 9.45. The molecule has 0 unspecified atom stereocenters. The maximum absolute atomic E-state index is 12.5. The summed E-state index contributed by atoms with van der Waals surface area (Å²) in [6.07, 6.45) is 3.69. The lowest BCUT2D eigenvalue weighted by Crippen LogP contribution is -2.34. The highest BCUT2D eigenvalue weighted by molar-refractivity contribution is 6.31. The van der Waals surface area contributed by atoms with Crippen LogP contribution in [0.25, 0.3) is 0 Å². The summed E-state index contributed by atoms with van der Waals surface area (Å²) in [6.45, 7) is 1.43. The van der Waals surface area contributed by atoms with Gasteiger partial charge in [-0.2, -0.15) is 10.4 Å². The number of amides is 1. The van der Waals surface area contributed by atoms with Gasteiger partial charge in [-0.05, 0) is 23.8 Å². The molecule has 0 aliphatic heterocycles. The molecule has 8 heteroatoms. The molecule has 2 N–H and O–H groups in total. The van der Waals surface area contributed by atoms with Crippen molar-refractivity contribution >= 4 is 23.2 Å². The van der Waals surface area contributed by atoms with Crippen molar-refractivity contribution in [2.45, 2.75) is 13.1 Å². The van der Waals surface area contributed by atoms with Crippen LogP contribution in [-0.4, -0.2) is 45.4 Å². The van der Waals surface area contributed by atoms with E-state index >= 15 is 0 Å². The summed E-state index contributed by atoms with van der Waals surface area (Å²) in [5.41, 5.74) is 2.79. The Hall–Kier alpha value is -3.18. The fourth-order valence-corrected chi connectivity index (χ4v) is 3.24. The van der Waals surface area contributed by atoms with Crippen molar-refractivity contribution in [3.63, 3.8) is 0 Å². The first kappa shape index (κ1) is 21.5. The van der Waals surface area contributed by atoms with E-state index in [9.17, 15) is 15.2 Å². The van der Waals surface area contributed by atoms with Crippen LogP contribution in [0.4, 0.5) is 5.69 Å². The molecule has 30 heavy (non-hydrogen) atoms. The van der Waals surface area contributed by atoms with Gasteiger partial charge in [-0.3, -0.25) is 14.4 Å². The van der Waals surface area contributed by atoms with E-state index in [2.05, 4.69) is 10.4 Å². The number of rotatable bonds is 9. The van der Waals surface area contributed by atoms with E-state index in [0.29, 0.717) is 35.9 Å². The van der Waals surface area contributed by atoms with Gasteiger partial charge in [-0.15, -0.1) is 0 Å². The van der Waals surface area contributed by atoms with E-state index in [0.717, 1.165) is 11.1 Å². The molecule has 1 amide bonds. The Bertz CT molecular complexity index is 1030. The van der Waals surface area contributed by atoms with Crippen LogP contribution in [0, 0.1) is 11.3 Å². The monoisotopic (exact) mass is 423 g/mol. The van der Waals surface area contributed by atoms with Crippen molar-refractivity contribution in [3.8, 4) is 6.07 Å².